The monoisotopic (exact) mass is 262 g/mol. The molecule has 0 unspecified atom stereocenters. The van der Waals surface area contributed by atoms with Crippen LogP contribution in [0.2, 0.25) is 0 Å². The van der Waals surface area contributed by atoms with Gasteiger partial charge in [-0.05, 0) is 38.1 Å². The first-order valence-corrected chi connectivity index (χ1v) is 6.87. The third-order valence-electron chi connectivity index (χ3n) is 4.66. The molecule has 4 rings (SSSR count). The van der Waals surface area contributed by atoms with Crippen molar-refractivity contribution in [3.63, 3.8) is 0 Å². The van der Waals surface area contributed by atoms with E-state index in [0.717, 1.165) is 10.8 Å². The molecule has 0 heterocycles. The summed E-state index contributed by atoms with van der Waals surface area (Å²) in [6, 6.07) is 14.3. The van der Waals surface area contributed by atoms with Gasteiger partial charge in [0.15, 0.2) is 0 Å². The van der Waals surface area contributed by atoms with Crippen LogP contribution in [-0.2, 0) is 5.41 Å². The van der Waals surface area contributed by atoms with Gasteiger partial charge in [-0.3, -0.25) is 0 Å². The fourth-order valence-corrected chi connectivity index (χ4v) is 3.68. The van der Waals surface area contributed by atoms with Crippen molar-refractivity contribution < 1.29 is 10.0 Å². The van der Waals surface area contributed by atoms with E-state index in [4.69, 9.17) is 0 Å². The standard InChI is InChI=1S/C17H15BO2/c1-17(2)12-7-3-5-10-9-14(18(19)20)11-6-4-8-13(17)16(11)15(10)12/h3-9,19-20H,1-2H3. The fraction of sp³-hybridized carbons (Fsp3) is 0.176. The van der Waals surface area contributed by atoms with Gasteiger partial charge in [0.1, 0.15) is 0 Å². The van der Waals surface area contributed by atoms with Crippen LogP contribution in [0.5, 0.6) is 0 Å². The van der Waals surface area contributed by atoms with E-state index in [2.05, 4.69) is 26.0 Å². The molecule has 2 nitrogen and oxygen atoms in total. The molecule has 0 amide bonds. The smallest absolute Gasteiger partial charge is 0.423 e. The van der Waals surface area contributed by atoms with Crippen molar-refractivity contribution in [1.29, 1.82) is 0 Å². The van der Waals surface area contributed by atoms with Crippen molar-refractivity contribution in [2.75, 3.05) is 0 Å². The predicted molar refractivity (Wildman–Crippen MR) is 83.4 cm³/mol. The number of rotatable bonds is 1. The molecule has 0 saturated heterocycles. The number of hydrogen-bond donors (Lipinski definition) is 2. The Labute approximate surface area is 117 Å². The molecule has 3 aromatic rings. The molecule has 0 atom stereocenters. The van der Waals surface area contributed by atoms with Crippen LogP contribution in [0.3, 0.4) is 0 Å². The highest BCUT2D eigenvalue weighted by Gasteiger charge is 2.34. The molecule has 0 fully saturated rings. The summed E-state index contributed by atoms with van der Waals surface area (Å²) < 4.78 is 0. The number of benzene rings is 3. The Morgan fingerprint density at radius 2 is 1.55 bits per heavy atom. The Kier molecular flexibility index (Phi) is 2.17. The highest BCUT2D eigenvalue weighted by atomic mass is 16.4. The molecular formula is C17H15BO2. The molecule has 98 valence electrons. The van der Waals surface area contributed by atoms with E-state index in [1.165, 1.54) is 21.9 Å². The van der Waals surface area contributed by atoms with Crippen molar-refractivity contribution in [2.45, 2.75) is 19.3 Å². The van der Waals surface area contributed by atoms with Crippen molar-refractivity contribution in [2.24, 2.45) is 0 Å². The summed E-state index contributed by atoms with van der Waals surface area (Å²) in [6.45, 7) is 4.46. The third kappa shape index (κ3) is 1.27. The second kappa shape index (κ2) is 3.63. The molecule has 0 bridgehead atoms. The molecule has 0 radical (unpaired) electrons. The molecule has 1 aliphatic rings. The van der Waals surface area contributed by atoms with Gasteiger partial charge in [-0.2, -0.15) is 0 Å². The maximum Gasteiger partial charge on any atom is 0.489 e. The summed E-state index contributed by atoms with van der Waals surface area (Å²) >= 11 is 0. The number of hydrogen-bond acceptors (Lipinski definition) is 2. The van der Waals surface area contributed by atoms with Gasteiger partial charge in [0.2, 0.25) is 0 Å². The van der Waals surface area contributed by atoms with Crippen LogP contribution < -0.4 is 5.46 Å². The lowest BCUT2D eigenvalue weighted by Gasteiger charge is -2.21. The SMILES string of the molecule is CC1(C)c2cccc3cc(B(O)O)c4cccc1c4c23. The summed E-state index contributed by atoms with van der Waals surface area (Å²) in [5.41, 5.74) is 3.13. The molecule has 0 aliphatic heterocycles. The van der Waals surface area contributed by atoms with Gasteiger partial charge < -0.3 is 10.0 Å². The second-order valence-electron chi connectivity index (χ2n) is 6.10. The lowest BCUT2D eigenvalue weighted by atomic mass is 9.75. The lowest BCUT2D eigenvalue weighted by Crippen LogP contribution is -2.30. The van der Waals surface area contributed by atoms with E-state index in [1.807, 2.05) is 30.3 Å². The Morgan fingerprint density at radius 1 is 0.900 bits per heavy atom. The summed E-state index contributed by atoms with van der Waals surface area (Å²) in [4.78, 5) is 0. The van der Waals surface area contributed by atoms with Gasteiger partial charge >= 0.3 is 7.12 Å². The van der Waals surface area contributed by atoms with Crippen LogP contribution in [0.15, 0.2) is 42.5 Å². The van der Waals surface area contributed by atoms with Crippen LogP contribution in [0.25, 0.3) is 21.5 Å². The summed E-state index contributed by atoms with van der Waals surface area (Å²) in [6.07, 6.45) is 0. The van der Waals surface area contributed by atoms with Gasteiger partial charge in [-0.15, -0.1) is 0 Å². The highest BCUT2D eigenvalue weighted by molar-refractivity contribution is 6.62. The van der Waals surface area contributed by atoms with E-state index in [0.29, 0.717) is 5.46 Å². The van der Waals surface area contributed by atoms with Crippen LogP contribution >= 0.6 is 0 Å². The van der Waals surface area contributed by atoms with E-state index in [-0.39, 0.29) is 5.41 Å². The Bertz CT molecular complexity index is 866. The second-order valence-corrected chi connectivity index (χ2v) is 6.10. The van der Waals surface area contributed by atoms with Crippen LogP contribution in [0, 0.1) is 0 Å². The lowest BCUT2D eigenvalue weighted by molar-refractivity contribution is 0.426. The third-order valence-corrected chi connectivity index (χ3v) is 4.66. The zero-order chi connectivity index (χ0) is 14.1. The minimum atomic E-state index is -1.44. The Balaban J connectivity index is 2.34. The molecule has 3 heteroatoms. The maximum atomic E-state index is 9.67. The van der Waals surface area contributed by atoms with E-state index in [9.17, 15) is 10.0 Å². The average Bonchev–Trinajstić information content (AvgIpc) is 2.67. The molecule has 3 aromatic carbocycles. The topological polar surface area (TPSA) is 40.5 Å². The van der Waals surface area contributed by atoms with Gasteiger partial charge in [-0.1, -0.05) is 56.3 Å². The van der Waals surface area contributed by atoms with Gasteiger partial charge in [0, 0.05) is 5.41 Å². The molecule has 0 spiro atoms. The zero-order valence-corrected chi connectivity index (χ0v) is 11.5. The van der Waals surface area contributed by atoms with E-state index >= 15 is 0 Å². The zero-order valence-electron chi connectivity index (χ0n) is 11.5. The van der Waals surface area contributed by atoms with Crippen molar-refractivity contribution in [3.8, 4) is 0 Å². The predicted octanol–water partition coefficient (Wildman–Crippen LogP) is 2.31. The summed E-state index contributed by atoms with van der Waals surface area (Å²) in [7, 11) is -1.44. The van der Waals surface area contributed by atoms with Gasteiger partial charge in [0.05, 0.1) is 0 Å². The molecule has 1 aliphatic carbocycles. The van der Waals surface area contributed by atoms with Crippen molar-refractivity contribution in [3.05, 3.63) is 53.6 Å². The first kappa shape index (κ1) is 11.9. The van der Waals surface area contributed by atoms with Crippen LogP contribution in [0.1, 0.15) is 25.0 Å². The largest absolute Gasteiger partial charge is 0.489 e. The van der Waals surface area contributed by atoms with Gasteiger partial charge in [-0.25, -0.2) is 0 Å². The van der Waals surface area contributed by atoms with Crippen molar-refractivity contribution >= 4 is 34.1 Å². The van der Waals surface area contributed by atoms with E-state index in [1.54, 1.807) is 0 Å². The van der Waals surface area contributed by atoms with E-state index < -0.39 is 7.12 Å². The summed E-state index contributed by atoms with van der Waals surface area (Å²) in [5, 5.41) is 23.8. The average molecular weight is 262 g/mol. The van der Waals surface area contributed by atoms with Crippen molar-refractivity contribution in [1.82, 2.24) is 0 Å². The molecule has 0 saturated carbocycles. The van der Waals surface area contributed by atoms with Crippen LogP contribution in [0.4, 0.5) is 0 Å². The molecular weight excluding hydrogens is 247 g/mol. The molecule has 2 N–H and O–H groups in total. The quantitative estimate of drug-likeness (QED) is 0.522. The molecule has 20 heavy (non-hydrogen) atoms. The van der Waals surface area contributed by atoms with Crippen LogP contribution in [-0.4, -0.2) is 17.2 Å². The van der Waals surface area contributed by atoms with Gasteiger partial charge in [0.25, 0.3) is 0 Å². The molecule has 0 aromatic heterocycles. The minimum Gasteiger partial charge on any atom is -0.423 e. The Hall–Kier alpha value is -1.84. The summed E-state index contributed by atoms with van der Waals surface area (Å²) in [5.74, 6) is 0. The first-order valence-electron chi connectivity index (χ1n) is 6.87. The first-order chi connectivity index (χ1) is 9.51. The normalized spacial score (nSPS) is 15.4. The maximum absolute atomic E-state index is 9.67. The Morgan fingerprint density at radius 3 is 2.25 bits per heavy atom. The fourth-order valence-electron chi connectivity index (χ4n) is 3.68. The highest BCUT2D eigenvalue weighted by Crippen LogP contribution is 2.47. The minimum absolute atomic E-state index is 0.0413.